The summed E-state index contributed by atoms with van der Waals surface area (Å²) in [6.07, 6.45) is 1.08. The van der Waals surface area contributed by atoms with E-state index >= 15 is 0 Å². The van der Waals surface area contributed by atoms with Gasteiger partial charge in [0.05, 0.1) is 6.61 Å². The van der Waals surface area contributed by atoms with Crippen LogP contribution in [0.25, 0.3) is 0 Å². The molecule has 1 aromatic rings. The van der Waals surface area contributed by atoms with Crippen LogP contribution in [0, 0.1) is 0 Å². The molecule has 0 amide bonds. The highest BCUT2D eigenvalue weighted by molar-refractivity contribution is 7.99. The minimum atomic E-state index is 0.0909. The van der Waals surface area contributed by atoms with Crippen LogP contribution in [-0.4, -0.2) is 31.8 Å². The van der Waals surface area contributed by atoms with Crippen LogP contribution in [0.15, 0.2) is 24.3 Å². The van der Waals surface area contributed by atoms with Crippen LogP contribution in [-0.2, 0) is 4.74 Å². The lowest BCUT2D eigenvalue weighted by Gasteiger charge is -2.12. The molecular formula is C14H23NO2S. The number of benzene rings is 1. The summed E-state index contributed by atoms with van der Waals surface area (Å²) in [5.41, 5.74) is 7.31. The Bertz CT molecular complexity index is 316. The number of hydrogen-bond donors (Lipinski definition) is 1. The van der Waals surface area contributed by atoms with Gasteiger partial charge in [-0.15, -0.1) is 0 Å². The van der Waals surface area contributed by atoms with E-state index in [0.717, 1.165) is 35.8 Å². The number of nitrogens with two attached hydrogens (primary N) is 1. The number of thioether (sulfide) groups is 1. The molecule has 0 aliphatic rings. The SMILES string of the molecule is CCOc1ccc(C(N)CSCCCOC)cc1. The maximum Gasteiger partial charge on any atom is 0.119 e. The largest absolute Gasteiger partial charge is 0.494 e. The van der Waals surface area contributed by atoms with E-state index in [9.17, 15) is 0 Å². The van der Waals surface area contributed by atoms with Crippen LogP contribution < -0.4 is 10.5 Å². The van der Waals surface area contributed by atoms with Gasteiger partial charge in [-0.25, -0.2) is 0 Å². The first kappa shape index (κ1) is 15.3. The van der Waals surface area contributed by atoms with Crippen LogP contribution in [0.1, 0.15) is 24.9 Å². The molecule has 0 spiro atoms. The summed E-state index contributed by atoms with van der Waals surface area (Å²) in [7, 11) is 1.73. The molecule has 0 saturated carbocycles. The molecule has 0 heterocycles. The van der Waals surface area contributed by atoms with Gasteiger partial charge in [0.15, 0.2) is 0 Å². The van der Waals surface area contributed by atoms with E-state index in [1.165, 1.54) is 0 Å². The van der Waals surface area contributed by atoms with E-state index in [1.54, 1.807) is 7.11 Å². The van der Waals surface area contributed by atoms with Crippen molar-refractivity contribution >= 4 is 11.8 Å². The fraction of sp³-hybridized carbons (Fsp3) is 0.571. The summed E-state index contributed by atoms with van der Waals surface area (Å²) in [6, 6.07) is 8.15. The smallest absolute Gasteiger partial charge is 0.119 e. The van der Waals surface area contributed by atoms with Crippen molar-refractivity contribution in [1.29, 1.82) is 0 Å². The zero-order valence-electron chi connectivity index (χ0n) is 11.2. The van der Waals surface area contributed by atoms with Gasteiger partial charge in [-0.2, -0.15) is 11.8 Å². The van der Waals surface area contributed by atoms with Crippen LogP contribution in [0.4, 0.5) is 0 Å². The lowest BCUT2D eigenvalue weighted by molar-refractivity contribution is 0.200. The van der Waals surface area contributed by atoms with Crippen molar-refractivity contribution in [1.82, 2.24) is 0 Å². The predicted octanol–water partition coefficient (Wildman–Crippen LogP) is 2.85. The van der Waals surface area contributed by atoms with Gasteiger partial charge >= 0.3 is 0 Å². The average Bonchev–Trinajstić information content (AvgIpc) is 2.39. The van der Waals surface area contributed by atoms with Crippen molar-refractivity contribution < 1.29 is 9.47 Å². The molecule has 1 atom stereocenters. The minimum Gasteiger partial charge on any atom is -0.494 e. The van der Waals surface area contributed by atoms with Gasteiger partial charge in [-0.1, -0.05) is 12.1 Å². The van der Waals surface area contributed by atoms with E-state index in [4.69, 9.17) is 15.2 Å². The lowest BCUT2D eigenvalue weighted by atomic mass is 10.1. The molecule has 0 bridgehead atoms. The van der Waals surface area contributed by atoms with E-state index in [2.05, 4.69) is 0 Å². The standard InChI is InChI=1S/C14H23NO2S/c1-3-17-13-7-5-12(6-8-13)14(15)11-18-10-4-9-16-2/h5-8,14H,3-4,9-11,15H2,1-2H3. The Labute approximate surface area is 114 Å². The maximum absolute atomic E-state index is 6.14. The quantitative estimate of drug-likeness (QED) is 0.700. The third-order valence-corrected chi connectivity index (χ3v) is 3.73. The van der Waals surface area contributed by atoms with Gasteiger partial charge < -0.3 is 15.2 Å². The molecule has 2 N–H and O–H groups in total. The van der Waals surface area contributed by atoms with Crippen molar-refractivity contribution in [2.24, 2.45) is 5.73 Å². The minimum absolute atomic E-state index is 0.0909. The second-order valence-corrected chi connectivity index (χ2v) is 5.18. The van der Waals surface area contributed by atoms with Gasteiger partial charge in [0.2, 0.25) is 0 Å². The van der Waals surface area contributed by atoms with Crippen LogP contribution in [0.3, 0.4) is 0 Å². The molecule has 4 heteroatoms. The molecule has 0 aromatic heterocycles. The highest BCUT2D eigenvalue weighted by Crippen LogP contribution is 2.19. The van der Waals surface area contributed by atoms with Crippen LogP contribution >= 0.6 is 11.8 Å². The number of methoxy groups -OCH3 is 1. The molecule has 18 heavy (non-hydrogen) atoms. The van der Waals surface area contributed by atoms with Crippen molar-refractivity contribution in [3.63, 3.8) is 0 Å². The van der Waals surface area contributed by atoms with Crippen molar-refractivity contribution in [3.05, 3.63) is 29.8 Å². The summed E-state index contributed by atoms with van der Waals surface area (Å²) in [5.74, 6) is 2.94. The van der Waals surface area contributed by atoms with Crippen LogP contribution in [0.5, 0.6) is 5.75 Å². The summed E-state index contributed by atoms with van der Waals surface area (Å²) in [4.78, 5) is 0. The molecule has 1 aromatic carbocycles. The Morgan fingerprint density at radius 3 is 2.61 bits per heavy atom. The van der Waals surface area contributed by atoms with E-state index in [1.807, 2.05) is 43.0 Å². The first-order chi connectivity index (χ1) is 8.77. The van der Waals surface area contributed by atoms with Crippen molar-refractivity contribution in [2.45, 2.75) is 19.4 Å². The fourth-order valence-corrected chi connectivity index (χ4v) is 2.52. The number of rotatable bonds is 9. The number of ether oxygens (including phenoxy) is 2. The lowest BCUT2D eigenvalue weighted by Crippen LogP contribution is -2.13. The first-order valence-corrected chi connectivity index (χ1v) is 7.48. The zero-order chi connectivity index (χ0) is 13.2. The van der Waals surface area contributed by atoms with E-state index in [-0.39, 0.29) is 6.04 Å². The van der Waals surface area contributed by atoms with Crippen molar-refractivity contribution in [3.8, 4) is 5.75 Å². The number of hydrogen-bond acceptors (Lipinski definition) is 4. The summed E-state index contributed by atoms with van der Waals surface area (Å²) < 4.78 is 10.4. The van der Waals surface area contributed by atoms with Gasteiger partial charge in [-0.05, 0) is 36.8 Å². The molecule has 102 valence electrons. The van der Waals surface area contributed by atoms with Gasteiger partial charge in [0, 0.05) is 25.5 Å². The van der Waals surface area contributed by atoms with Gasteiger partial charge in [0.25, 0.3) is 0 Å². The molecule has 1 rings (SSSR count). The molecular weight excluding hydrogens is 246 g/mol. The van der Waals surface area contributed by atoms with Crippen molar-refractivity contribution in [2.75, 3.05) is 31.8 Å². The zero-order valence-corrected chi connectivity index (χ0v) is 12.0. The normalized spacial score (nSPS) is 12.4. The third kappa shape index (κ3) is 5.76. The molecule has 0 saturated heterocycles. The van der Waals surface area contributed by atoms with Gasteiger partial charge in [-0.3, -0.25) is 0 Å². The topological polar surface area (TPSA) is 44.5 Å². The molecule has 1 unspecified atom stereocenters. The fourth-order valence-electron chi connectivity index (χ4n) is 1.59. The second-order valence-electron chi connectivity index (χ2n) is 4.03. The summed E-state index contributed by atoms with van der Waals surface area (Å²) in [5, 5.41) is 0. The Kier molecular flexibility index (Phi) is 7.89. The van der Waals surface area contributed by atoms with E-state index < -0.39 is 0 Å². The molecule has 0 aliphatic carbocycles. The highest BCUT2D eigenvalue weighted by Gasteiger charge is 2.06. The average molecular weight is 269 g/mol. The monoisotopic (exact) mass is 269 g/mol. The van der Waals surface area contributed by atoms with Crippen LogP contribution in [0.2, 0.25) is 0 Å². The predicted molar refractivity (Wildman–Crippen MR) is 78.4 cm³/mol. The van der Waals surface area contributed by atoms with E-state index in [0.29, 0.717) is 6.61 Å². The Morgan fingerprint density at radius 1 is 1.28 bits per heavy atom. The third-order valence-electron chi connectivity index (χ3n) is 2.55. The van der Waals surface area contributed by atoms with Gasteiger partial charge in [0.1, 0.15) is 5.75 Å². The first-order valence-electron chi connectivity index (χ1n) is 6.33. The second kappa shape index (κ2) is 9.25. The Morgan fingerprint density at radius 2 is 2.00 bits per heavy atom. The molecule has 0 fully saturated rings. The Hall–Kier alpha value is -0.710. The molecule has 3 nitrogen and oxygen atoms in total. The summed E-state index contributed by atoms with van der Waals surface area (Å²) >= 11 is 1.87. The highest BCUT2D eigenvalue weighted by atomic mass is 32.2. The Balaban J connectivity index is 2.30. The molecule has 0 radical (unpaired) electrons. The molecule has 0 aliphatic heterocycles. The summed E-state index contributed by atoms with van der Waals surface area (Å²) in [6.45, 7) is 3.50. The maximum atomic E-state index is 6.14.